The van der Waals surface area contributed by atoms with Crippen molar-refractivity contribution in [3.8, 4) is 0 Å². The van der Waals surface area contributed by atoms with E-state index in [1.807, 2.05) is 91.8 Å². The number of benzene rings is 4. The molecule has 2 amide bonds. The van der Waals surface area contributed by atoms with Gasteiger partial charge in [-0.1, -0.05) is 66.7 Å². The third-order valence-electron chi connectivity index (χ3n) is 5.40. The molecule has 0 saturated carbocycles. The maximum Gasteiger partial charge on any atom is 0.287 e. The molecule has 0 fully saturated rings. The molecular weight excluding hydrogens is 436 g/mol. The van der Waals surface area contributed by atoms with Crippen molar-refractivity contribution < 1.29 is 9.59 Å². The van der Waals surface area contributed by atoms with Gasteiger partial charge in [0.05, 0.1) is 6.21 Å². The van der Waals surface area contributed by atoms with Crippen LogP contribution in [0, 0.1) is 0 Å². The summed E-state index contributed by atoms with van der Waals surface area (Å²) in [6.07, 6.45) is 3.20. The molecule has 0 aliphatic heterocycles. The summed E-state index contributed by atoms with van der Waals surface area (Å²) in [5, 5.41) is 9.03. The number of hydrogen-bond donors (Lipinski definition) is 2. The predicted octanol–water partition coefficient (Wildman–Crippen LogP) is 4.83. The fourth-order valence-corrected chi connectivity index (χ4v) is 3.49. The van der Waals surface area contributed by atoms with Crippen molar-refractivity contribution in [2.75, 3.05) is 19.0 Å². The number of amides is 2. The molecule has 35 heavy (non-hydrogen) atoms. The van der Waals surface area contributed by atoms with Gasteiger partial charge in [0.15, 0.2) is 0 Å². The molecule has 0 heterocycles. The Morgan fingerprint density at radius 1 is 0.771 bits per heavy atom. The molecule has 0 aliphatic carbocycles. The highest BCUT2D eigenvalue weighted by Crippen LogP contribution is 2.16. The first-order valence-corrected chi connectivity index (χ1v) is 11.2. The first-order valence-electron chi connectivity index (χ1n) is 11.2. The zero-order valence-electron chi connectivity index (χ0n) is 19.6. The summed E-state index contributed by atoms with van der Waals surface area (Å²) in [4.78, 5) is 27.7. The molecule has 6 nitrogen and oxygen atoms in total. The zero-order valence-corrected chi connectivity index (χ0v) is 19.6. The standard InChI is InChI=1S/C29H26N4O2/c1-33(2)26-16-13-21(14-17-26)19-27(31-28(34)24-9-4-3-5-10-24)29(35)32-30-20-22-12-15-23-8-6-7-11-25(23)18-22/h3-20H,1-2H3,(H,31,34)(H,32,35)/b27-19-,30-20-. The minimum absolute atomic E-state index is 0.0899. The van der Waals surface area contributed by atoms with Gasteiger partial charge >= 0.3 is 0 Å². The predicted molar refractivity (Wildman–Crippen MR) is 142 cm³/mol. The molecule has 0 saturated heterocycles. The van der Waals surface area contributed by atoms with Crippen LogP contribution in [0.5, 0.6) is 0 Å². The van der Waals surface area contributed by atoms with Gasteiger partial charge in [-0.3, -0.25) is 9.59 Å². The number of rotatable bonds is 7. The number of fused-ring (bicyclic) bond motifs is 1. The van der Waals surface area contributed by atoms with Crippen molar-refractivity contribution in [3.05, 3.63) is 119 Å². The number of anilines is 1. The van der Waals surface area contributed by atoms with E-state index < -0.39 is 5.91 Å². The number of hydrazone groups is 1. The summed E-state index contributed by atoms with van der Waals surface area (Å²) in [6.45, 7) is 0. The lowest BCUT2D eigenvalue weighted by Gasteiger charge is -2.12. The zero-order chi connectivity index (χ0) is 24.6. The summed E-state index contributed by atoms with van der Waals surface area (Å²) in [7, 11) is 3.91. The minimum atomic E-state index is -0.525. The highest BCUT2D eigenvalue weighted by molar-refractivity contribution is 6.05. The summed E-state index contributed by atoms with van der Waals surface area (Å²) in [6, 6.07) is 30.3. The molecule has 0 radical (unpaired) electrons. The Morgan fingerprint density at radius 2 is 1.43 bits per heavy atom. The van der Waals surface area contributed by atoms with Crippen LogP contribution in [0.1, 0.15) is 21.5 Å². The number of nitrogens with zero attached hydrogens (tertiary/aromatic N) is 2. The molecule has 174 valence electrons. The van der Waals surface area contributed by atoms with Gasteiger partial charge in [0.25, 0.3) is 11.8 Å². The van der Waals surface area contributed by atoms with Crippen LogP contribution in [0.3, 0.4) is 0 Å². The van der Waals surface area contributed by atoms with Gasteiger partial charge in [-0.2, -0.15) is 5.10 Å². The fourth-order valence-electron chi connectivity index (χ4n) is 3.49. The summed E-state index contributed by atoms with van der Waals surface area (Å²) in [5.74, 6) is -0.904. The maximum absolute atomic E-state index is 13.0. The Morgan fingerprint density at radius 3 is 2.14 bits per heavy atom. The van der Waals surface area contributed by atoms with Gasteiger partial charge in [-0.25, -0.2) is 5.43 Å². The monoisotopic (exact) mass is 462 g/mol. The van der Waals surface area contributed by atoms with Crippen LogP contribution in [0.15, 0.2) is 108 Å². The van der Waals surface area contributed by atoms with Crippen molar-refractivity contribution in [1.82, 2.24) is 10.7 Å². The lowest BCUT2D eigenvalue weighted by molar-refractivity contribution is -0.117. The number of hydrogen-bond acceptors (Lipinski definition) is 4. The Bertz CT molecular complexity index is 1390. The second-order valence-electron chi connectivity index (χ2n) is 8.17. The van der Waals surface area contributed by atoms with Gasteiger partial charge in [0.2, 0.25) is 0 Å². The highest BCUT2D eigenvalue weighted by Gasteiger charge is 2.14. The van der Waals surface area contributed by atoms with Gasteiger partial charge in [-0.05, 0) is 58.3 Å². The first kappa shape index (κ1) is 23.4. The molecule has 6 heteroatoms. The molecule has 4 aromatic rings. The van der Waals surface area contributed by atoms with Crippen molar-refractivity contribution >= 4 is 40.6 Å². The second-order valence-corrected chi connectivity index (χ2v) is 8.17. The molecular formula is C29H26N4O2. The van der Waals surface area contributed by atoms with E-state index in [1.54, 1.807) is 36.6 Å². The molecule has 0 spiro atoms. The quantitative estimate of drug-likeness (QED) is 0.235. The summed E-state index contributed by atoms with van der Waals surface area (Å²) >= 11 is 0. The van der Waals surface area contributed by atoms with E-state index in [-0.39, 0.29) is 11.6 Å². The van der Waals surface area contributed by atoms with Crippen LogP contribution < -0.4 is 15.6 Å². The normalized spacial score (nSPS) is 11.4. The van der Waals surface area contributed by atoms with E-state index in [0.717, 1.165) is 27.6 Å². The van der Waals surface area contributed by atoms with Gasteiger partial charge in [-0.15, -0.1) is 0 Å². The van der Waals surface area contributed by atoms with Crippen LogP contribution in [-0.2, 0) is 4.79 Å². The largest absolute Gasteiger partial charge is 0.378 e. The van der Waals surface area contributed by atoms with E-state index >= 15 is 0 Å². The fraction of sp³-hybridized carbons (Fsp3) is 0.0690. The Kier molecular flexibility index (Phi) is 7.33. The third kappa shape index (κ3) is 6.21. The molecule has 0 aliphatic rings. The number of nitrogens with one attached hydrogen (secondary N) is 2. The van der Waals surface area contributed by atoms with Crippen LogP contribution in [0.25, 0.3) is 16.8 Å². The Hall–Kier alpha value is -4.71. The van der Waals surface area contributed by atoms with Crippen molar-refractivity contribution in [2.24, 2.45) is 5.10 Å². The van der Waals surface area contributed by atoms with E-state index in [0.29, 0.717) is 5.56 Å². The SMILES string of the molecule is CN(C)c1ccc(/C=C(\NC(=O)c2ccccc2)C(=O)N/N=C\c2ccc3ccccc3c2)cc1. The topological polar surface area (TPSA) is 73.8 Å². The summed E-state index contributed by atoms with van der Waals surface area (Å²) < 4.78 is 0. The highest BCUT2D eigenvalue weighted by atomic mass is 16.2. The van der Waals surface area contributed by atoms with Crippen LogP contribution in [0.2, 0.25) is 0 Å². The lowest BCUT2D eigenvalue weighted by Crippen LogP contribution is -2.32. The molecule has 2 N–H and O–H groups in total. The smallest absolute Gasteiger partial charge is 0.287 e. The Labute approximate surface area is 204 Å². The molecule has 4 rings (SSSR count). The lowest BCUT2D eigenvalue weighted by atomic mass is 10.1. The van der Waals surface area contributed by atoms with Crippen LogP contribution >= 0.6 is 0 Å². The molecule has 0 bridgehead atoms. The first-order chi connectivity index (χ1) is 17.0. The van der Waals surface area contributed by atoms with Gasteiger partial charge in [0.1, 0.15) is 5.70 Å². The van der Waals surface area contributed by atoms with Gasteiger partial charge in [0, 0.05) is 25.3 Å². The molecule has 4 aromatic carbocycles. The van der Waals surface area contributed by atoms with Crippen molar-refractivity contribution in [1.29, 1.82) is 0 Å². The van der Waals surface area contributed by atoms with E-state index in [9.17, 15) is 9.59 Å². The van der Waals surface area contributed by atoms with E-state index in [2.05, 4.69) is 15.8 Å². The van der Waals surface area contributed by atoms with Crippen molar-refractivity contribution in [3.63, 3.8) is 0 Å². The Balaban J connectivity index is 1.54. The van der Waals surface area contributed by atoms with E-state index in [1.165, 1.54) is 0 Å². The third-order valence-corrected chi connectivity index (χ3v) is 5.40. The maximum atomic E-state index is 13.0. The van der Waals surface area contributed by atoms with Crippen LogP contribution in [-0.4, -0.2) is 32.1 Å². The van der Waals surface area contributed by atoms with Gasteiger partial charge < -0.3 is 10.2 Å². The molecule has 0 unspecified atom stereocenters. The number of carbonyl (C=O) groups excluding carboxylic acids is 2. The van der Waals surface area contributed by atoms with Crippen molar-refractivity contribution in [2.45, 2.75) is 0 Å². The second kappa shape index (κ2) is 10.9. The molecule has 0 atom stereocenters. The minimum Gasteiger partial charge on any atom is -0.378 e. The molecule has 0 aromatic heterocycles. The van der Waals surface area contributed by atoms with Crippen LogP contribution in [0.4, 0.5) is 5.69 Å². The average Bonchev–Trinajstić information content (AvgIpc) is 2.89. The van der Waals surface area contributed by atoms with E-state index in [4.69, 9.17) is 0 Å². The summed E-state index contributed by atoms with van der Waals surface area (Å²) in [5.41, 5.74) is 5.72. The number of carbonyl (C=O) groups is 2. The average molecular weight is 463 g/mol.